The average Bonchev–Trinajstić information content (AvgIpc) is 2.48. The van der Waals surface area contributed by atoms with Gasteiger partial charge >= 0.3 is 0 Å². The molecule has 1 aliphatic heterocycles. The Morgan fingerprint density at radius 1 is 1.52 bits per heavy atom. The fourth-order valence-electron chi connectivity index (χ4n) is 2.31. The zero-order valence-corrected chi connectivity index (χ0v) is 13.0. The molecule has 0 unspecified atom stereocenters. The fourth-order valence-corrected chi connectivity index (χ4v) is 2.59. The molecule has 114 valence electrons. The van der Waals surface area contributed by atoms with E-state index in [0.29, 0.717) is 18.7 Å². The van der Waals surface area contributed by atoms with E-state index < -0.39 is 6.04 Å². The smallest absolute Gasteiger partial charge is 0.249 e. The number of hydrogen-bond acceptors (Lipinski definition) is 3. The van der Waals surface area contributed by atoms with Gasteiger partial charge in [-0.15, -0.1) is 0 Å². The van der Waals surface area contributed by atoms with Crippen molar-refractivity contribution in [3.05, 3.63) is 30.1 Å². The Morgan fingerprint density at radius 3 is 2.95 bits per heavy atom. The molecule has 0 aliphatic carbocycles. The maximum Gasteiger partial charge on any atom is 0.249 e. The van der Waals surface area contributed by atoms with Crippen LogP contribution in [-0.4, -0.2) is 35.9 Å². The molecular weight excluding hydrogens is 291 g/mol. The van der Waals surface area contributed by atoms with Gasteiger partial charge in [-0.1, -0.05) is 6.07 Å². The molecule has 0 saturated carbocycles. The van der Waals surface area contributed by atoms with Gasteiger partial charge < -0.3 is 10.2 Å². The molecule has 0 radical (unpaired) electrons. The van der Waals surface area contributed by atoms with Crippen molar-refractivity contribution in [2.45, 2.75) is 31.1 Å². The molecule has 1 aromatic rings. The number of thioether (sulfide) groups is 1. The minimum Gasteiger partial charge on any atom is -0.343 e. The first-order valence-corrected chi connectivity index (χ1v) is 8.22. The first-order valence-electron chi connectivity index (χ1n) is 6.93. The number of hydrogen-bond donors (Lipinski definition) is 1. The van der Waals surface area contributed by atoms with Crippen LogP contribution in [0.4, 0.5) is 10.1 Å². The van der Waals surface area contributed by atoms with Crippen molar-refractivity contribution in [2.75, 3.05) is 17.7 Å². The highest BCUT2D eigenvalue weighted by Gasteiger charge is 2.31. The average molecular weight is 310 g/mol. The van der Waals surface area contributed by atoms with Gasteiger partial charge in [0.1, 0.15) is 11.9 Å². The Labute approximate surface area is 128 Å². The van der Waals surface area contributed by atoms with Crippen LogP contribution in [0, 0.1) is 5.82 Å². The van der Waals surface area contributed by atoms with Crippen molar-refractivity contribution < 1.29 is 14.0 Å². The molecule has 1 aromatic carbocycles. The van der Waals surface area contributed by atoms with Gasteiger partial charge in [0.25, 0.3) is 0 Å². The lowest BCUT2D eigenvalue weighted by Gasteiger charge is -2.33. The number of carbonyl (C=O) groups is 2. The molecule has 21 heavy (non-hydrogen) atoms. The largest absolute Gasteiger partial charge is 0.343 e. The number of nitrogens with one attached hydrogen (secondary N) is 1. The van der Waals surface area contributed by atoms with Gasteiger partial charge in [-0.2, -0.15) is 11.8 Å². The van der Waals surface area contributed by atoms with Crippen LogP contribution in [0.2, 0.25) is 0 Å². The number of carbonyl (C=O) groups excluding carboxylic acids is 2. The first kappa shape index (κ1) is 15.8. The van der Waals surface area contributed by atoms with Crippen LogP contribution in [0.15, 0.2) is 24.3 Å². The topological polar surface area (TPSA) is 49.4 Å². The second-order valence-corrected chi connectivity index (χ2v) is 6.23. The van der Waals surface area contributed by atoms with Crippen molar-refractivity contribution in [2.24, 2.45) is 0 Å². The Hall–Kier alpha value is -1.56. The molecule has 1 saturated heterocycles. The van der Waals surface area contributed by atoms with Crippen LogP contribution in [0.1, 0.15) is 19.8 Å². The van der Waals surface area contributed by atoms with E-state index >= 15 is 0 Å². The molecular formula is C15H19FN2O2S. The second-order valence-electron chi connectivity index (χ2n) is 5.05. The minimum atomic E-state index is -0.524. The van der Waals surface area contributed by atoms with E-state index in [2.05, 4.69) is 5.32 Å². The highest BCUT2D eigenvalue weighted by molar-refractivity contribution is 7.99. The summed E-state index contributed by atoms with van der Waals surface area (Å²) < 4.78 is 13.3. The van der Waals surface area contributed by atoms with Crippen molar-refractivity contribution >= 4 is 29.3 Å². The maximum atomic E-state index is 13.3. The minimum absolute atomic E-state index is 0.137. The van der Waals surface area contributed by atoms with E-state index in [1.54, 1.807) is 24.0 Å². The van der Waals surface area contributed by atoms with Gasteiger partial charge in [-0.05, 0) is 44.2 Å². The Balaban J connectivity index is 2.09. The number of nitrogens with zero attached hydrogens (tertiary/aromatic N) is 1. The van der Waals surface area contributed by atoms with Crippen molar-refractivity contribution in [3.8, 4) is 0 Å². The normalized spacial score (nSPS) is 20.2. The third-order valence-corrected chi connectivity index (χ3v) is 4.52. The zero-order valence-electron chi connectivity index (χ0n) is 12.1. The summed E-state index contributed by atoms with van der Waals surface area (Å²) in [7, 11) is 0. The van der Waals surface area contributed by atoms with Crippen LogP contribution < -0.4 is 10.2 Å². The molecule has 1 aliphatic rings. The third-order valence-electron chi connectivity index (χ3n) is 3.60. The monoisotopic (exact) mass is 310 g/mol. The number of benzene rings is 1. The van der Waals surface area contributed by atoms with Crippen LogP contribution >= 0.6 is 11.8 Å². The molecule has 1 fully saturated rings. The molecule has 2 atom stereocenters. The summed E-state index contributed by atoms with van der Waals surface area (Å²) in [6, 6.07) is 5.44. The van der Waals surface area contributed by atoms with Gasteiger partial charge in [-0.3, -0.25) is 9.59 Å². The van der Waals surface area contributed by atoms with E-state index in [1.165, 1.54) is 23.9 Å². The van der Waals surface area contributed by atoms with E-state index in [-0.39, 0.29) is 22.9 Å². The van der Waals surface area contributed by atoms with E-state index in [0.717, 1.165) is 6.42 Å². The molecule has 4 nitrogen and oxygen atoms in total. The van der Waals surface area contributed by atoms with Gasteiger partial charge in [0.05, 0.1) is 5.25 Å². The lowest BCUT2D eigenvalue weighted by Crippen LogP contribution is -2.53. The third kappa shape index (κ3) is 3.75. The quantitative estimate of drug-likeness (QED) is 0.927. The Bertz CT molecular complexity index is 538. The lowest BCUT2D eigenvalue weighted by atomic mass is 10.0. The fraction of sp³-hybridized carbons (Fsp3) is 0.467. The van der Waals surface area contributed by atoms with Crippen molar-refractivity contribution in [3.63, 3.8) is 0 Å². The molecule has 0 bridgehead atoms. The Kier molecular flexibility index (Phi) is 5.22. The van der Waals surface area contributed by atoms with Crippen LogP contribution in [-0.2, 0) is 9.59 Å². The van der Waals surface area contributed by atoms with Crippen LogP contribution in [0.25, 0.3) is 0 Å². The summed E-state index contributed by atoms with van der Waals surface area (Å²) in [6.07, 6.45) is 3.25. The highest BCUT2D eigenvalue weighted by atomic mass is 32.2. The van der Waals surface area contributed by atoms with Gasteiger partial charge in [0.15, 0.2) is 0 Å². The predicted molar refractivity (Wildman–Crippen MR) is 82.9 cm³/mol. The summed E-state index contributed by atoms with van der Waals surface area (Å²) in [6.45, 7) is 2.35. The number of anilines is 1. The van der Waals surface area contributed by atoms with E-state index in [9.17, 15) is 14.0 Å². The molecule has 6 heteroatoms. The van der Waals surface area contributed by atoms with Gasteiger partial charge in [-0.25, -0.2) is 4.39 Å². The standard InChI is InChI=1S/C15H19FN2O2S/c1-10(21-2)14(19)17-13-7-4-8-18(15(13)20)12-6-3-5-11(16)9-12/h3,5-6,9-10,13H,4,7-8H2,1-2H3,(H,17,19)/t10-,13-/m0/s1. The Morgan fingerprint density at radius 2 is 2.29 bits per heavy atom. The molecule has 0 spiro atoms. The van der Waals surface area contributed by atoms with E-state index in [4.69, 9.17) is 0 Å². The summed E-state index contributed by atoms with van der Waals surface area (Å²) in [5.41, 5.74) is 0.539. The number of amides is 2. The summed E-state index contributed by atoms with van der Waals surface area (Å²) in [5, 5.41) is 2.60. The molecule has 2 amide bonds. The maximum absolute atomic E-state index is 13.3. The first-order chi connectivity index (χ1) is 10.0. The molecule has 1 heterocycles. The van der Waals surface area contributed by atoms with Crippen LogP contribution in [0.5, 0.6) is 0 Å². The molecule has 1 N–H and O–H groups in total. The van der Waals surface area contributed by atoms with Crippen molar-refractivity contribution in [1.29, 1.82) is 0 Å². The summed E-state index contributed by atoms with van der Waals surface area (Å²) >= 11 is 1.44. The highest BCUT2D eigenvalue weighted by Crippen LogP contribution is 2.22. The predicted octanol–water partition coefficient (Wildman–Crippen LogP) is 2.19. The molecule has 0 aromatic heterocycles. The zero-order chi connectivity index (χ0) is 15.4. The SMILES string of the molecule is CS[C@@H](C)C(=O)N[C@H]1CCCN(c2cccc(F)c2)C1=O. The van der Waals surface area contributed by atoms with E-state index in [1.807, 2.05) is 6.26 Å². The summed E-state index contributed by atoms with van der Waals surface area (Å²) in [5.74, 6) is -0.682. The second kappa shape index (κ2) is 6.93. The van der Waals surface area contributed by atoms with Crippen molar-refractivity contribution in [1.82, 2.24) is 5.32 Å². The van der Waals surface area contributed by atoms with Crippen LogP contribution in [0.3, 0.4) is 0 Å². The van der Waals surface area contributed by atoms with Gasteiger partial charge in [0.2, 0.25) is 11.8 Å². The lowest BCUT2D eigenvalue weighted by molar-refractivity contribution is -0.128. The number of halogens is 1. The molecule has 2 rings (SSSR count). The number of piperidine rings is 1. The summed E-state index contributed by atoms with van der Waals surface area (Å²) in [4.78, 5) is 25.9. The number of rotatable bonds is 4. The van der Waals surface area contributed by atoms with Gasteiger partial charge in [0, 0.05) is 12.2 Å².